The molecule has 0 aliphatic heterocycles. The van der Waals surface area contributed by atoms with Crippen LogP contribution in [0.25, 0.3) is 11.1 Å². The molecule has 2 rings (SSSR count). The molecule has 0 saturated heterocycles. The number of carbonyl (C=O) groups is 1. The highest BCUT2D eigenvalue weighted by atomic mass is 16.4. The molecule has 16 heavy (non-hydrogen) atoms. The molecule has 0 spiro atoms. The smallest absolute Gasteiger partial charge is 0.309 e. The van der Waals surface area contributed by atoms with E-state index < -0.39 is 11.4 Å². The van der Waals surface area contributed by atoms with E-state index in [9.17, 15) is 4.79 Å². The van der Waals surface area contributed by atoms with Crippen LogP contribution in [0, 0.1) is 5.41 Å². The number of rotatable bonds is 3. The van der Waals surface area contributed by atoms with E-state index in [-0.39, 0.29) is 0 Å². The quantitative estimate of drug-likeness (QED) is 0.861. The minimum Gasteiger partial charge on any atom is -0.481 e. The van der Waals surface area contributed by atoms with Crippen molar-refractivity contribution in [2.24, 2.45) is 5.41 Å². The van der Waals surface area contributed by atoms with Crippen LogP contribution in [0.3, 0.4) is 0 Å². The number of carboxylic acids is 1. The first-order valence-corrected chi connectivity index (χ1v) is 5.05. The van der Waals surface area contributed by atoms with Crippen molar-refractivity contribution in [3.05, 3.63) is 30.2 Å². The number of carboxylic acid groups (broad SMARTS) is 1. The standard InChI is InChI=1S/C12H13NO3/c1-12(2,11(14)15)6-8-4-3-5-9-10(8)13-7-16-9/h3-5,7H,6H2,1-2H3,(H,14,15). The third-order valence-electron chi connectivity index (χ3n) is 2.66. The van der Waals surface area contributed by atoms with Crippen LogP contribution in [-0.4, -0.2) is 16.1 Å². The Kier molecular flexibility index (Phi) is 2.42. The summed E-state index contributed by atoms with van der Waals surface area (Å²) in [5.74, 6) is -0.812. The lowest BCUT2D eigenvalue weighted by Gasteiger charge is -2.18. The Bertz CT molecular complexity index is 528. The van der Waals surface area contributed by atoms with Crippen molar-refractivity contribution < 1.29 is 14.3 Å². The lowest BCUT2D eigenvalue weighted by Crippen LogP contribution is -2.26. The molecule has 0 unspecified atom stereocenters. The van der Waals surface area contributed by atoms with Gasteiger partial charge in [-0.15, -0.1) is 0 Å². The number of fused-ring (bicyclic) bond motifs is 1. The largest absolute Gasteiger partial charge is 0.481 e. The second-order valence-corrected chi connectivity index (χ2v) is 4.48. The van der Waals surface area contributed by atoms with Gasteiger partial charge in [-0.05, 0) is 31.9 Å². The molecule has 0 radical (unpaired) electrons. The molecule has 84 valence electrons. The van der Waals surface area contributed by atoms with E-state index in [0.717, 1.165) is 11.1 Å². The number of benzene rings is 1. The molecule has 0 bridgehead atoms. The first-order valence-electron chi connectivity index (χ1n) is 5.05. The summed E-state index contributed by atoms with van der Waals surface area (Å²) in [5.41, 5.74) is 1.54. The van der Waals surface area contributed by atoms with Gasteiger partial charge in [0, 0.05) is 0 Å². The van der Waals surface area contributed by atoms with E-state index in [4.69, 9.17) is 9.52 Å². The molecule has 1 N–H and O–H groups in total. The molecule has 1 aromatic heterocycles. The Hall–Kier alpha value is -1.84. The molecule has 0 aliphatic carbocycles. The summed E-state index contributed by atoms with van der Waals surface area (Å²) in [7, 11) is 0. The van der Waals surface area contributed by atoms with E-state index in [1.165, 1.54) is 6.39 Å². The van der Waals surface area contributed by atoms with Crippen LogP contribution in [0.4, 0.5) is 0 Å². The van der Waals surface area contributed by atoms with Crippen molar-refractivity contribution in [1.29, 1.82) is 0 Å². The van der Waals surface area contributed by atoms with Crippen molar-refractivity contribution in [2.45, 2.75) is 20.3 Å². The average molecular weight is 219 g/mol. The molecule has 0 saturated carbocycles. The summed E-state index contributed by atoms with van der Waals surface area (Å²) in [4.78, 5) is 15.2. The Morgan fingerprint density at radius 3 is 2.94 bits per heavy atom. The highest BCUT2D eigenvalue weighted by Gasteiger charge is 2.28. The van der Waals surface area contributed by atoms with Gasteiger partial charge in [0.2, 0.25) is 0 Å². The summed E-state index contributed by atoms with van der Waals surface area (Å²) >= 11 is 0. The van der Waals surface area contributed by atoms with Crippen molar-refractivity contribution in [1.82, 2.24) is 4.98 Å². The maximum atomic E-state index is 11.1. The molecule has 4 nitrogen and oxygen atoms in total. The molecule has 4 heteroatoms. The maximum absolute atomic E-state index is 11.1. The van der Waals surface area contributed by atoms with Crippen molar-refractivity contribution in [2.75, 3.05) is 0 Å². The van der Waals surface area contributed by atoms with E-state index in [1.807, 2.05) is 18.2 Å². The highest BCUT2D eigenvalue weighted by molar-refractivity contribution is 5.79. The molecule has 0 fully saturated rings. The monoisotopic (exact) mass is 219 g/mol. The van der Waals surface area contributed by atoms with Crippen LogP contribution in [0.1, 0.15) is 19.4 Å². The first kappa shape index (κ1) is 10.7. The number of aliphatic carboxylic acids is 1. The predicted octanol–water partition coefficient (Wildman–Crippen LogP) is 2.48. The average Bonchev–Trinajstić information content (AvgIpc) is 2.65. The van der Waals surface area contributed by atoms with Crippen LogP contribution in [0.2, 0.25) is 0 Å². The molecule has 2 aromatic rings. The van der Waals surface area contributed by atoms with Crippen LogP contribution in [-0.2, 0) is 11.2 Å². The van der Waals surface area contributed by atoms with Gasteiger partial charge in [0.05, 0.1) is 5.41 Å². The zero-order valence-corrected chi connectivity index (χ0v) is 9.23. The Morgan fingerprint density at radius 2 is 2.25 bits per heavy atom. The second kappa shape index (κ2) is 3.63. The van der Waals surface area contributed by atoms with Gasteiger partial charge in [0.15, 0.2) is 12.0 Å². The SMILES string of the molecule is CC(C)(Cc1cccc2ocnc12)C(=O)O. The highest BCUT2D eigenvalue weighted by Crippen LogP contribution is 2.26. The summed E-state index contributed by atoms with van der Waals surface area (Å²) < 4.78 is 5.17. The van der Waals surface area contributed by atoms with Gasteiger partial charge in [-0.1, -0.05) is 12.1 Å². The predicted molar refractivity (Wildman–Crippen MR) is 59.1 cm³/mol. The Labute approximate surface area is 92.9 Å². The second-order valence-electron chi connectivity index (χ2n) is 4.48. The number of para-hydroxylation sites is 1. The lowest BCUT2D eigenvalue weighted by atomic mass is 9.85. The maximum Gasteiger partial charge on any atom is 0.309 e. The van der Waals surface area contributed by atoms with Gasteiger partial charge < -0.3 is 9.52 Å². The van der Waals surface area contributed by atoms with E-state index in [1.54, 1.807) is 13.8 Å². The summed E-state index contributed by atoms with van der Waals surface area (Å²) in [5, 5.41) is 9.08. The summed E-state index contributed by atoms with van der Waals surface area (Å²) in [6.07, 6.45) is 1.81. The van der Waals surface area contributed by atoms with Crippen LogP contribution in [0.5, 0.6) is 0 Å². The van der Waals surface area contributed by atoms with Crippen molar-refractivity contribution in [3.8, 4) is 0 Å². The fraction of sp³-hybridized carbons (Fsp3) is 0.333. The minimum absolute atomic E-state index is 0.437. The fourth-order valence-electron chi connectivity index (χ4n) is 1.64. The number of nitrogens with zero attached hydrogens (tertiary/aromatic N) is 1. The number of hydrogen-bond acceptors (Lipinski definition) is 3. The topological polar surface area (TPSA) is 63.3 Å². The molecule has 1 aromatic carbocycles. The summed E-state index contributed by atoms with van der Waals surface area (Å²) in [6, 6.07) is 5.55. The molecule has 0 aliphatic rings. The molecular formula is C12H13NO3. The Balaban J connectivity index is 2.41. The molecule has 0 amide bonds. The van der Waals surface area contributed by atoms with Crippen LogP contribution < -0.4 is 0 Å². The van der Waals surface area contributed by atoms with Gasteiger partial charge in [-0.2, -0.15) is 0 Å². The van der Waals surface area contributed by atoms with Gasteiger partial charge in [-0.3, -0.25) is 4.79 Å². The van der Waals surface area contributed by atoms with Gasteiger partial charge in [-0.25, -0.2) is 4.98 Å². The zero-order chi connectivity index (χ0) is 11.8. The zero-order valence-electron chi connectivity index (χ0n) is 9.23. The van der Waals surface area contributed by atoms with Crippen LogP contribution in [0.15, 0.2) is 29.0 Å². The van der Waals surface area contributed by atoms with E-state index in [2.05, 4.69) is 4.98 Å². The Morgan fingerprint density at radius 1 is 1.50 bits per heavy atom. The van der Waals surface area contributed by atoms with Gasteiger partial charge in [0.25, 0.3) is 0 Å². The van der Waals surface area contributed by atoms with Crippen LogP contribution >= 0.6 is 0 Å². The normalized spacial score (nSPS) is 11.9. The third kappa shape index (κ3) is 1.78. The molecule has 1 heterocycles. The van der Waals surface area contributed by atoms with Gasteiger partial charge in [0.1, 0.15) is 5.52 Å². The van der Waals surface area contributed by atoms with E-state index >= 15 is 0 Å². The first-order chi connectivity index (χ1) is 7.50. The third-order valence-corrected chi connectivity index (χ3v) is 2.66. The molecule has 0 atom stereocenters. The minimum atomic E-state index is -0.812. The van der Waals surface area contributed by atoms with Gasteiger partial charge >= 0.3 is 5.97 Å². The fourth-order valence-corrected chi connectivity index (χ4v) is 1.64. The number of oxazole rings is 1. The van der Waals surface area contributed by atoms with Crippen molar-refractivity contribution >= 4 is 17.1 Å². The van der Waals surface area contributed by atoms with Crippen molar-refractivity contribution in [3.63, 3.8) is 0 Å². The number of hydrogen-bond donors (Lipinski definition) is 1. The summed E-state index contributed by atoms with van der Waals surface area (Å²) in [6.45, 7) is 3.41. The number of aromatic nitrogens is 1. The van der Waals surface area contributed by atoms with E-state index in [0.29, 0.717) is 12.0 Å². The lowest BCUT2D eigenvalue weighted by molar-refractivity contribution is -0.146. The molecular weight excluding hydrogens is 206 g/mol.